The molecule has 3 nitrogen and oxygen atoms in total. The second-order valence-corrected chi connectivity index (χ2v) is 3.44. The minimum absolute atomic E-state index is 0.146. The molecule has 1 aliphatic heterocycles. The van der Waals surface area contributed by atoms with Gasteiger partial charge in [-0.1, -0.05) is 6.92 Å². The maximum atomic E-state index is 10.6. The lowest BCUT2D eigenvalue weighted by Gasteiger charge is -1.92. The Kier molecular flexibility index (Phi) is 1.42. The summed E-state index contributed by atoms with van der Waals surface area (Å²) < 4.78 is 0. The van der Waals surface area contributed by atoms with Gasteiger partial charge in [0, 0.05) is 6.04 Å². The van der Waals surface area contributed by atoms with Crippen LogP contribution in [0.5, 0.6) is 0 Å². The molecule has 0 aromatic rings. The third-order valence-corrected chi connectivity index (χ3v) is 2.70. The molecule has 11 heavy (non-hydrogen) atoms. The highest BCUT2D eigenvalue weighted by Crippen LogP contribution is 2.46. The first-order chi connectivity index (χ1) is 5.25. The van der Waals surface area contributed by atoms with Crippen LogP contribution >= 0.6 is 0 Å². The van der Waals surface area contributed by atoms with Crippen LogP contribution in [-0.4, -0.2) is 34.6 Å². The van der Waals surface area contributed by atoms with Gasteiger partial charge in [-0.15, -0.1) is 0 Å². The number of hydrogen-bond acceptors (Lipinski definition) is 2. The van der Waals surface area contributed by atoms with E-state index in [1.54, 1.807) is 0 Å². The first-order valence-electron chi connectivity index (χ1n) is 4.24. The topological polar surface area (TPSA) is 40.3 Å². The van der Waals surface area contributed by atoms with Gasteiger partial charge in [0.25, 0.3) is 0 Å². The summed E-state index contributed by atoms with van der Waals surface area (Å²) in [4.78, 5) is 12.7. The Bertz CT molecular complexity index is 189. The molecule has 0 aromatic carbocycles. The van der Waals surface area contributed by atoms with E-state index in [4.69, 9.17) is 5.11 Å². The Labute approximate surface area is 66.0 Å². The lowest BCUT2D eigenvalue weighted by atomic mass is 10.2. The molecule has 3 heteroatoms. The number of carboxylic acid groups (broad SMARTS) is 1. The number of carboxylic acids is 1. The highest BCUT2D eigenvalue weighted by atomic mass is 16.4. The SMILES string of the molecule is CCN1[C@H](C2CC2)[C@@H]1C(=O)O. The predicted octanol–water partition coefficient (Wildman–Crippen LogP) is 0.554. The Hall–Kier alpha value is -0.570. The summed E-state index contributed by atoms with van der Waals surface area (Å²) in [5, 5.41) is 8.76. The molecular weight excluding hydrogens is 142 g/mol. The van der Waals surface area contributed by atoms with Gasteiger partial charge < -0.3 is 5.11 Å². The van der Waals surface area contributed by atoms with E-state index in [0.717, 1.165) is 6.54 Å². The largest absolute Gasteiger partial charge is 0.480 e. The lowest BCUT2D eigenvalue weighted by Crippen LogP contribution is -2.11. The van der Waals surface area contributed by atoms with Gasteiger partial charge in [0.1, 0.15) is 6.04 Å². The van der Waals surface area contributed by atoms with Crippen molar-refractivity contribution < 1.29 is 9.90 Å². The molecule has 1 N–H and O–H groups in total. The molecule has 2 fully saturated rings. The third kappa shape index (κ3) is 1.03. The van der Waals surface area contributed by atoms with Crippen LogP contribution in [0, 0.1) is 5.92 Å². The van der Waals surface area contributed by atoms with Gasteiger partial charge in [0.15, 0.2) is 0 Å². The van der Waals surface area contributed by atoms with Crippen LogP contribution in [0.25, 0.3) is 0 Å². The predicted molar refractivity (Wildman–Crippen MR) is 40.3 cm³/mol. The number of nitrogens with zero attached hydrogens (tertiary/aromatic N) is 1. The summed E-state index contributed by atoms with van der Waals surface area (Å²) in [7, 11) is 0. The van der Waals surface area contributed by atoms with E-state index < -0.39 is 5.97 Å². The van der Waals surface area contributed by atoms with Gasteiger partial charge in [-0.25, -0.2) is 0 Å². The van der Waals surface area contributed by atoms with Crippen LogP contribution in [0.15, 0.2) is 0 Å². The van der Waals surface area contributed by atoms with Crippen molar-refractivity contribution in [3.05, 3.63) is 0 Å². The van der Waals surface area contributed by atoms with Crippen molar-refractivity contribution in [3.63, 3.8) is 0 Å². The zero-order chi connectivity index (χ0) is 8.01. The molecule has 0 radical (unpaired) electrons. The molecule has 62 valence electrons. The standard InChI is InChI=1S/C8H13NO2/c1-2-9-6(5-3-4-5)7(9)8(10)11/h5-7H,2-4H2,1H3,(H,10,11)/t6-,7-,9?/m1/s1. The lowest BCUT2D eigenvalue weighted by molar-refractivity contribution is -0.137. The number of likely N-dealkylation sites (N-methyl/N-ethyl adjacent to an activating group) is 1. The van der Waals surface area contributed by atoms with Crippen molar-refractivity contribution in [2.75, 3.05) is 6.54 Å². The van der Waals surface area contributed by atoms with Crippen LogP contribution in [0.4, 0.5) is 0 Å². The molecule has 2 aliphatic rings. The average Bonchev–Trinajstić information content (AvgIpc) is 2.82. The van der Waals surface area contributed by atoms with E-state index in [2.05, 4.69) is 4.90 Å². The van der Waals surface area contributed by atoms with E-state index in [9.17, 15) is 4.79 Å². The number of carbonyl (C=O) groups is 1. The summed E-state index contributed by atoms with van der Waals surface area (Å²) in [5.74, 6) is 0.0693. The van der Waals surface area contributed by atoms with Gasteiger partial charge in [0.05, 0.1) is 0 Å². The minimum Gasteiger partial charge on any atom is -0.480 e. The molecule has 3 atom stereocenters. The fourth-order valence-corrected chi connectivity index (χ4v) is 1.96. The van der Waals surface area contributed by atoms with Crippen LogP contribution in [0.2, 0.25) is 0 Å². The molecule has 1 unspecified atom stereocenters. The van der Waals surface area contributed by atoms with Gasteiger partial charge in [-0.05, 0) is 25.3 Å². The summed E-state index contributed by atoms with van der Waals surface area (Å²) in [6, 6.07) is 0.241. The van der Waals surface area contributed by atoms with Crippen molar-refractivity contribution in [1.82, 2.24) is 4.90 Å². The first-order valence-corrected chi connectivity index (χ1v) is 4.24. The zero-order valence-electron chi connectivity index (χ0n) is 6.66. The summed E-state index contributed by atoms with van der Waals surface area (Å²) in [5.41, 5.74) is 0. The average molecular weight is 155 g/mol. The first kappa shape index (κ1) is 7.10. The molecule has 0 bridgehead atoms. The van der Waals surface area contributed by atoms with E-state index in [-0.39, 0.29) is 6.04 Å². The fraction of sp³-hybridized carbons (Fsp3) is 0.875. The normalized spacial score (nSPS) is 42.1. The summed E-state index contributed by atoms with van der Waals surface area (Å²) in [6.07, 6.45) is 2.48. The second kappa shape index (κ2) is 2.21. The van der Waals surface area contributed by atoms with Crippen molar-refractivity contribution >= 4 is 5.97 Å². The Morgan fingerprint density at radius 3 is 2.55 bits per heavy atom. The van der Waals surface area contributed by atoms with Crippen LogP contribution < -0.4 is 0 Å². The van der Waals surface area contributed by atoms with Crippen molar-refractivity contribution in [2.24, 2.45) is 5.92 Å². The van der Waals surface area contributed by atoms with Crippen LogP contribution in [0.1, 0.15) is 19.8 Å². The molecule has 0 amide bonds. The molecule has 1 saturated carbocycles. The van der Waals surface area contributed by atoms with E-state index in [0.29, 0.717) is 12.0 Å². The van der Waals surface area contributed by atoms with Crippen LogP contribution in [-0.2, 0) is 4.79 Å². The second-order valence-electron chi connectivity index (χ2n) is 3.44. The smallest absolute Gasteiger partial charge is 0.322 e. The highest BCUT2D eigenvalue weighted by molar-refractivity contribution is 5.78. The monoisotopic (exact) mass is 155 g/mol. The Balaban J connectivity index is 1.96. The number of rotatable bonds is 3. The maximum absolute atomic E-state index is 10.6. The van der Waals surface area contributed by atoms with Gasteiger partial charge in [-0.3, -0.25) is 9.69 Å². The van der Waals surface area contributed by atoms with Crippen molar-refractivity contribution in [3.8, 4) is 0 Å². The van der Waals surface area contributed by atoms with Gasteiger partial charge in [0.2, 0.25) is 0 Å². The van der Waals surface area contributed by atoms with Gasteiger partial charge in [-0.2, -0.15) is 0 Å². The quantitative estimate of drug-likeness (QED) is 0.605. The zero-order valence-corrected chi connectivity index (χ0v) is 6.66. The summed E-state index contributed by atoms with van der Waals surface area (Å²) >= 11 is 0. The van der Waals surface area contributed by atoms with Gasteiger partial charge >= 0.3 is 5.97 Å². The molecule has 1 saturated heterocycles. The minimum atomic E-state index is -0.635. The third-order valence-electron chi connectivity index (χ3n) is 2.70. The number of aliphatic carboxylic acids is 1. The Morgan fingerprint density at radius 2 is 2.27 bits per heavy atom. The maximum Gasteiger partial charge on any atom is 0.322 e. The van der Waals surface area contributed by atoms with E-state index in [1.807, 2.05) is 6.92 Å². The molecule has 1 aliphatic carbocycles. The molecule has 2 rings (SSSR count). The van der Waals surface area contributed by atoms with E-state index in [1.165, 1.54) is 12.8 Å². The fourth-order valence-electron chi connectivity index (χ4n) is 1.96. The van der Waals surface area contributed by atoms with Crippen LogP contribution in [0.3, 0.4) is 0 Å². The molecular formula is C8H13NO2. The highest BCUT2D eigenvalue weighted by Gasteiger charge is 2.58. The molecule has 0 aromatic heterocycles. The molecule has 0 spiro atoms. The Morgan fingerprint density at radius 1 is 1.64 bits per heavy atom. The van der Waals surface area contributed by atoms with E-state index >= 15 is 0 Å². The van der Waals surface area contributed by atoms with Crippen molar-refractivity contribution in [1.29, 1.82) is 0 Å². The van der Waals surface area contributed by atoms with Crippen molar-refractivity contribution in [2.45, 2.75) is 31.8 Å². The molecule has 1 heterocycles. The number of hydrogen-bond donors (Lipinski definition) is 1. The summed E-state index contributed by atoms with van der Waals surface area (Å²) in [6.45, 7) is 2.91.